The molecule has 3 nitrogen and oxygen atoms in total. The summed E-state index contributed by atoms with van der Waals surface area (Å²) in [5, 5.41) is 9.93. The highest BCUT2D eigenvalue weighted by molar-refractivity contribution is 5.86. The number of nitrogens with zero attached hydrogens (tertiary/aromatic N) is 1. The molecule has 102 valence electrons. The highest BCUT2D eigenvalue weighted by Gasteiger charge is 2.14. The van der Waals surface area contributed by atoms with Crippen LogP contribution in [0.5, 0.6) is 5.75 Å². The van der Waals surface area contributed by atoms with E-state index in [1.807, 2.05) is 72.8 Å². The summed E-state index contributed by atoms with van der Waals surface area (Å²) in [5.74, 6) is 0.718. The molecule has 0 saturated heterocycles. The average molecular weight is 275 g/mol. The Bertz CT molecular complexity index is 810. The van der Waals surface area contributed by atoms with Crippen molar-refractivity contribution in [1.29, 1.82) is 5.26 Å². The third-order valence-electron chi connectivity index (χ3n) is 3.09. The Morgan fingerprint density at radius 2 is 1.81 bits per heavy atom. The molecule has 0 unspecified atom stereocenters. The van der Waals surface area contributed by atoms with Crippen molar-refractivity contribution in [3.63, 3.8) is 0 Å². The highest BCUT2D eigenvalue weighted by Crippen LogP contribution is 2.32. The number of benzene rings is 2. The van der Waals surface area contributed by atoms with Crippen molar-refractivity contribution in [3.8, 4) is 11.8 Å². The quantitative estimate of drug-likeness (QED) is 0.709. The minimum Gasteiger partial charge on any atom is -0.484 e. The summed E-state index contributed by atoms with van der Waals surface area (Å²) < 4.78 is 11.2. The van der Waals surface area contributed by atoms with Gasteiger partial charge in [0.05, 0.1) is 5.39 Å². The van der Waals surface area contributed by atoms with Crippen molar-refractivity contribution in [2.45, 2.75) is 0 Å². The van der Waals surface area contributed by atoms with E-state index in [0.717, 1.165) is 10.9 Å². The molecule has 0 atom stereocenters. The molecule has 0 bridgehead atoms. The van der Waals surface area contributed by atoms with Crippen molar-refractivity contribution in [3.05, 3.63) is 72.0 Å². The molecule has 3 rings (SSSR count). The van der Waals surface area contributed by atoms with E-state index < -0.39 is 0 Å². The van der Waals surface area contributed by atoms with Crippen LogP contribution < -0.4 is 4.74 Å². The van der Waals surface area contributed by atoms with Crippen molar-refractivity contribution >= 4 is 17.0 Å². The largest absolute Gasteiger partial charge is 0.484 e. The molecule has 0 radical (unpaired) electrons. The van der Waals surface area contributed by atoms with Gasteiger partial charge in [0.1, 0.15) is 18.3 Å². The summed E-state index contributed by atoms with van der Waals surface area (Å²) in [6.45, 7) is 0.382. The zero-order chi connectivity index (χ0) is 14.5. The minimum atomic E-state index is 0.212. The molecule has 0 aliphatic carbocycles. The van der Waals surface area contributed by atoms with Crippen molar-refractivity contribution in [2.75, 3.05) is 6.61 Å². The van der Waals surface area contributed by atoms with Gasteiger partial charge in [0.25, 0.3) is 0 Å². The molecule has 0 spiro atoms. The van der Waals surface area contributed by atoms with Gasteiger partial charge < -0.3 is 9.15 Å². The first-order valence-corrected chi connectivity index (χ1v) is 6.64. The van der Waals surface area contributed by atoms with E-state index in [2.05, 4.69) is 0 Å². The van der Waals surface area contributed by atoms with Crippen LogP contribution in [0.2, 0.25) is 0 Å². The van der Waals surface area contributed by atoms with Crippen LogP contribution in [0.1, 0.15) is 11.3 Å². The van der Waals surface area contributed by atoms with E-state index in [1.54, 1.807) is 0 Å². The Labute approximate surface area is 122 Å². The lowest BCUT2D eigenvalue weighted by Gasteiger charge is -2.00. The third kappa shape index (κ3) is 2.80. The first-order valence-electron chi connectivity index (χ1n) is 6.64. The van der Waals surface area contributed by atoms with Crippen LogP contribution in [0.3, 0.4) is 0 Å². The maximum absolute atomic E-state index is 9.11. The van der Waals surface area contributed by atoms with E-state index in [9.17, 15) is 0 Å². The zero-order valence-corrected chi connectivity index (χ0v) is 11.3. The lowest BCUT2D eigenvalue weighted by molar-refractivity contribution is 0.359. The number of para-hydroxylation sites is 1. The van der Waals surface area contributed by atoms with E-state index in [1.165, 1.54) is 0 Å². The van der Waals surface area contributed by atoms with Crippen molar-refractivity contribution in [2.24, 2.45) is 0 Å². The lowest BCUT2D eigenvalue weighted by atomic mass is 10.2. The molecule has 0 aliphatic heterocycles. The summed E-state index contributed by atoms with van der Waals surface area (Å²) in [6.07, 6.45) is 3.90. The van der Waals surface area contributed by atoms with Crippen LogP contribution >= 0.6 is 0 Å². The number of ether oxygens (including phenoxy) is 1. The number of nitriles is 1. The van der Waals surface area contributed by atoms with E-state index in [0.29, 0.717) is 17.9 Å². The van der Waals surface area contributed by atoms with Gasteiger partial charge in [-0.1, -0.05) is 48.5 Å². The second kappa shape index (κ2) is 5.98. The molecule has 3 heteroatoms. The van der Waals surface area contributed by atoms with Crippen LogP contribution in [-0.4, -0.2) is 6.61 Å². The zero-order valence-electron chi connectivity index (χ0n) is 11.3. The summed E-state index contributed by atoms with van der Waals surface area (Å²) in [6, 6.07) is 19.5. The molecule has 0 amide bonds. The fourth-order valence-corrected chi connectivity index (χ4v) is 2.12. The third-order valence-corrected chi connectivity index (χ3v) is 3.09. The van der Waals surface area contributed by atoms with Crippen LogP contribution in [0.25, 0.3) is 17.0 Å². The Hall–Kier alpha value is -2.99. The maximum Gasteiger partial charge on any atom is 0.246 e. The second-order valence-electron chi connectivity index (χ2n) is 4.49. The van der Waals surface area contributed by atoms with Gasteiger partial charge >= 0.3 is 0 Å². The average Bonchev–Trinajstić information content (AvgIpc) is 2.90. The van der Waals surface area contributed by atoms with Gasteiger partial charge in [0, 0.05) is 0 Å². The van der Waals surface area contributed by atoms with Gasteiger partial charge in [-0.3, -0.25) is 0 Å². The van der Waals surface area contributed by atoms with Gasteiger partial charge in [0.2, 0.25) is 5.76 Å². The van der Waals surface area contributed by atoms with E-state index in [-0.39, 0.29) is 5.76 Å². The number of hydrogen-bond donors (Lipinski definition) is 0. The number of fused-ring (bicyclic) bond motifs is 1. The molecular weight excluding hydrogens is 262 g/mol. The Balaban J connectivity index is 1.76. The van der Waals surface area contributed by atoms with E-state index >= 15 is 0 Å². The molecule has 3 aromatic rings. The number of furan rings is 1. The van der Waals surface area contributed by atoms with Crippen LogP contribution in [0.15, 0.2) is 65.1 Å². The second-order valence-corrected chi connectivity index (χ2v) is 4.49. The van der Waals surface area contributed by atoms with Gasteiger partial charge in [-0.25, -0.2) is 0 Å². The molecule has 2 aromatic carbocycles. The van der Waals surface area contributed by atoms with Crippen LogP contribution in [-0.2, 0) is 0 Å². The molecule has 0 aliphatic rings. The molecule has 21 heavy (non-hydrogen) atoms. The standard InChI is InChI=1S/C18H13NO2/c19-13-17-18(15-10-4-5-11-16(15)21-17)20-12-6-9-14-7-2-1-3-8-14/h1-11H,12H2/b9-6+. The molecule has 1 heterocycles. The van der Waals surface area contributed by atoms with Gasteiger partial charge in [0.15, 0.2) is 5.75 Å². The molecule has 0 fully saturated rings. The first-order chi connectivity index (χ1) is 10.4. The summed E-state index contributed by atoms with van der Waals surface area (Å²) >= 11 is 0. The highest BCUT2D eigenvalue weighted by atomic mass is 16.5. The molecule has 1 aromatic heterocycles. The van der Waals surface area contributed by atoms with E-state index in [4.69, 9.17) is 14.4 Å². The maximum atomic E-state index is 9.11. The van der Waals surface area contributed by atoms with Gasteiger partial charge in [-0.15, -0.1) is 0 Å². The summed E-state index contributed by atoms with van der Waals surface area (Å²) in [7, 11) is 0. The van der Waals surface area contributed by atoms with Crippen molar-refractivity contribution < 1.29 is 9.15 Å². The first kappa shape index (κ1) is 13.0. The molecular formula is C18H13NO2. The van der Waals surface area contributed by atoms with Gasteiger partial charge in [-0.2, -0.15) is 5.26 Å². The van der Waals surface area contributed by atoms with Crippen molar-refractivity contribution in [1.82, 2.24) is 0 Å². The van der Waals surface area contributed by atoms with Crippen LogP contribution in [0.4, 0.5) is 0 Å². The predicted molar refractivity (Wildman–Crippen MR) is 81.9 cm³/mol. The Kier molecular flexibility index (Phi) is 3.70. The minimum absolute atomic E-state index is 0.212. The lowest BCUT2D eigenvalue weighted by Crippen LogP contribution is -1.94. The number of hydrogen-bond acceptors (Lipinski definition) is 3. The smallest absolute Gasteiger partial charge is 0.246 e. The normalized spacial score (nSPS) is 10.8. The van der Waals surface area contributed by atoms with Gasteiger partial charge in [-0.05, 0) is 23.8 Å². The topological polar surface area (TPSA) is 46.2 Å². The molecule has 0 N–H and O–H groups in total. The summed E-state index contributed by atoms with van der Waals surface area (Å²) in [5.41, 5.74) is 1.77. The fraction of sp³-hybridized carbons (Fsp3) is 0.0556. The SMILES string of the molecule is N#Cc1oc2ccccc2c1OC/C=C/c1ccccc1. The molecule has 0 saturated carbocycles. The fourth-order valence-electron chi connectivity index (χ4n) is 2.12. The number of rotatable bonds is 4. The monoisotopic (exact) mass is 275 g/mol. The Morgan fingerprint density at radius 1 is 1.05 bits per heavy atom. The predicted octanol–water partition coefficient (Wildman–Crippen LogP) is 4.40. The summed E-state index contributed by atoms with van der Waals surface area (Å²) in [4.78, 5) is 0. The Morgan fingerprint density at radius 3 is 2.62 bits per heavy atom. The van der Waals surface area contributed by atoms with Crippen LogP contribution in [0, 0.1) is 11.3 Å².